The van der Waals surface area contributed by atoms with Crippen LogP contribution in [0.25, 0.3) is 0 Å². The Morgan fingerprint density at radius 3 is 2.21 bits per heavy atom. The highest BCUT2D eigenvalue weighted by atomic mass is 35.5. The lowest BCUT2D eigenvalue weighted by atomic mass is 10.1. The van der Waals surface area contributed by atoms with Crippen LogP contribution < -0.4 is 9.62 Å². The number of carbonyl (C=O) groups excluding carboxylic acids is 2. The first-order valence-electron chi connectivity index (χ1n) is 12.7. The maximum Gasteiger partial charge on any atom is 0.264 e. The number of nitrogens with one attached hydrogen (secondary N) is 1. The quantitative estimate of drug-likeness (QED) is 0.315. The molecule has 0 aliphatic heterocycles. The van der Waals surface area contributed by atoms with Crippen LogP contribution in [0.1, 0.15) is 37.0 Å². The molecule has 3 aromatic rings. The summed E-state index contributed by atoms with van der Waals surface area (Å²) in [6.07, 6.45) is 0.885. The van der Waals surface area contributed by atoms with Gasteiger partial charge in [0.25, 0.3) is 10.0 Å². The molecule has 208 valence electrons. The molecule has 0 fully saturated rings. The van der Waals surface area contributed by atoms with Crippen LogP contribution in [0, 0.1) is 6.92 Å². The first-order chi connectivity index (χ1) is 18.5. The first kappa shape index (κ1) is 30.5. The molecule has 2 amide bonds. The van der Waals surface area contributed by atoms with Crippen LogP contribution in [0.15, 0.2) is 71.6 Å². The topological polar surface area (TPSA) is 86.8 Å². The smallest absolute Gasteiger partial charge is 0.264 e. The second-order valence-corrected chi connectivity index (χ2v) is 11.8. The number of likely N-dealkylation sites (N-methyl/N-ethyl adjacent to an activating group) is 1. The molecule has 0 aliphatic rings. The number of para-hydroxylation sites is 1. The van der Waals surface area contributed by atoms with Crippen LogP contribution in [-0.4, -0.2) is 44.8 Å². The van der Waals surface area contributed by atoms with Crippen LogP contribution in [0.5, 0.6) is 0 Å². The number of hydrogen-bond acceptors (Lipinski definition) is 4. The van der Waals surface area contributed by atoms with Gasteiger partial charge in [-0.1, -0.05) is 79.0 Å². The zero-order valence-corrected chi connectivity index (χ0v) is 24.8. The van der Waals surface area contributed by atoms with E-state index >= 15 is 0 Å². The van der Waals surface area contributed by atoms with Gasteiger partial charge in [0, 0.05) is 13.6 Å². The molecule has 39 heavy (non-hydrogen) atoms. The Hall–Kier alpha value is -3.07. The molecule has 0 heterocycles. The second-order valence-electron chi connectivity index (χ2n) is 9.12. The predicted octanol–water partition coefficient (Wildman–Crippen LogP) is 5.61. The molecule has 0 radical (unpaired) electrons. The Bertz CT molecular complexity index is 1430. The molecule has 7 nitrogen and oxygen atoms in total. The van der Waals surface area contributed by atoms with Gasteiger partial charge in [-0.2, -0.15) is 0 Å². The van der Waals surface area contributed by atoms with Crippen molar-refractivity contribution in [3.8, 4) is 0 Å². The minimum Gasteiger partial charge on any atom is -0.357 e. The summed E-state index contributed by atoms with van der Waals surface area (Å²) in [6.45, 7) is 5.13. The number of halogens is 2. The normalized spacial score (nSPS) is 12.1. The van der Waals surface area contributed by atoms with Gasteiger partial charge in [0.15, 0.2) is 0 Å². The molecule has 1 N–H and O–H groups in total. The van der Waals surface area contributed by atoms with E-state index in [1.807, 2.05) is 26.0 Å². The summed E-state index contributed by atoms with van der Waals surface area (Å²) in [5, 5.41) is 3.29. The van der Waals surface area contributed by atoms with Crippen molar-refractivity contribution in [3.05, 3.63) is 93.5 Å². The molecule has 0 saturated heterocycles. The lowest BCUT2D eigenvalue weighted by Gasteiger charge is -2.33. The maximum absolute atomic E-state index is 14.0. The fourth-order valence-corrected chi connectivity index (χ4v) is 6.10. The fraction of sp³-hybridized carbons (Fsp3) is 0.310. The van der Waals surface area contributed by atoms with E-state index in [1.54, 1.807) is 49.4 Å². The third-order valence-corrected chi connectivity index (χ3v) is 9.01. The molecule has 0 aliphatic carbocycles. The highest BCUT2D eigenvalue weighted by Crippen LogP contribution is 2.29. The van der Waals surface area contributed by atoms with E-state index in [2.05, 4.69) is 5.32 Å². The standard InChI is InChI=1S/C29H33Cl2N3O4S/c1-5-22-9-7-8-10-27(22)34(39(37,38)23-14-11-20(3)12-15-23)19-28(35)33(26(6-2)29(36)32-4)18-21-13-16-24(30)25(31)17-21/h7-17,26H,5-6,18-19H2,1-4H3,(H,32,36)/t26-/m0/s1. The summed E-state index contributed by atoms with van der Waals surface area (Å²) in [5.74, 6) is -0.883. The minimum atomic E-state index is -4.13. The molecule has 0 unspecified atom stereocenters. The van der Waals surface area contributed by atoms with Crippen molar-refractivity contribution in [1.82, 2.24) is 10.2 Å². The predicted molar refractivity (Wildman–Crippen MR) is 157 cm³/mol. The summed E-state index contributed by atoms with van der Waals surface area (Å²) in [6, 6.07) is 17.7. The second kappa shape index (κ2) is 13.3. The van der Waals surface area contributed by atoms with Crippen LogP contribution in [0.4, 0.5) is 5.69 Å². The van der Waals surface area contributed by atoms with Gasteiger partial charge in [-0.3, -0.25) is 13.9 Å². The average Bonchev–Trinajstić information content (AvgIpc) is 2.93. The maximum atomic E-state index is 14.0. The van der Waals surface area contributed by atoms with Crippen molar-refractivity contribution < 1.29 is 18.0 Å². The summed E-state index contributed by atoms with van der Waals surface area (Å²) in [4.78, 5) is 28.3. The van der Waals surface area contributed by atoms with E-state index in [0.717, 1.165) is 15.4 Å². The SMILES string of the molecule is CCc1ccccc1N(CC(=O)N(Cc1ccc(Cl)c(Cl)c1)[C@@H](CC)C(=O)NC)S(=O)(=O)c1ccc(C)cc1. The van der Waals surface area contributed by atoms with Crippen LogP contribution in [0.3, 0.4) is 0 Å². The van der Waals surface area contributed by atoms with Gasteiger partial charge in [0.1, 0.15) is 12.6 Å². The van der Waals surface area contributed by atoms with Crippen molar-refractivity contribution in [2.45, 2.75) is 51.1 Å². The van der Waals surface area contributed by atoms with Crippen molar-refractivity contribution in [3.63, 3.8) is 0 Å². The average molecular weight is 591 g/mol. The number of nitrogens with zero attached hydrogens (tertiary/aromatic N) is 2. The number of benzene rings is 3. The van der Waals surface area contributed by atoms with Crippen molar-refractivity contribution in [2.24, 2.45) is 0 Å². The molecule has 0 spiro atoms. The summed E-state index contributed by atoms with van der Waals surface area (Å²) in [7, 11) is -2.63. The Kier molecular flexibility index (Phi) is 10.4. The highest BCUT2D eigenvalue weighted by Gasteiger charge is 2.34. The highest BCUT2D eigenvalue weighted by molar-refractivity contribution is 7.92. The third kappa shape index (κ3) is 7.12. The van der Waals surface area contributed by atoms with E-state index < -0.39 is 28.5 Å². The Labute approximate surface area is 240 Å². The van der Waals surface area contributed by atoms with Crippen molar-refractivity contribution in [2.75, 3.05) is 17.9 Å². The largest absolute Gasteiger partial charge is 0.357 e. The van der Waals surface area contributed by atoms with Gasteiger partial charge in [-0.15, -0.1) is 0 Å². The van der Waals surface area contributed by atoms with Crippen molar-refractivity contribution in [1.29, 1.82) is 0 Å². The minimum absolute atomic E-state index is 0.0372. The van der Waals surface area contributed by atoms with E-state index in [4.69, 9.17) is 23.2 Å². The van der Waals surface area contributed by atoms with E-state index in [9.17, 15) is 18.0 Å². The van der Waals surface area contributed by atoms with Gasteiger partial charge in [0.05, 0.1) is 20.6 Å². The fourth-order valence-electron chi connectivity index (χ4n) is 4.32. The van der Waals surface area contributed by atoms with E-state index in [0.29, 0.717) is 34.1 Å². The number of hydrogen-bond donors (Lipinski definition) is 1. The van der Waals surface area contributed by atoms with Crippen LogP contribution in [-0.2, 0) is 32.6 Å². The molecular formula is C29H33Cl2N3O4S. The zero-order valence-electron chi connectivity index (χ0n) is 22.4. The lowest BCUT2D eigenvalue weighted by Crippen LogP contribution is -2.51. The number of amides is 2. The monoisotopic (exact) mass is 589 g/mol. The number of sulfonamides is 1. The number of anilines is 1. The van der Waals surface area contributed by atoms with Crippen molar-refractivity contribution >= 4 is 50.7 Å². The molecule has 3 rings (SSSR count). The summed E-state index contributed by atoms with van der Waals surface area (Å²) >= 11 is 12.3. The Balaban J connectivity index is 2.11. The third-order valence-electron chi connectivity index (χ3n) is 6.50. The molecule has 1 atom stereocenters. The molecular weight excluding hydrogens is 557 g/mol. The summed E-state index contributed by atoms with van der Waals surface area (Å²) in [5.41, 5.74) is 2.75. The molecule has 10 heteroatoms. The molecule has 0 bridgehead atoms. The van der Waals surface area contributed by atoms with E-state index in [-0.39, 0.29) is 17.3 Å². The van der Waals surface area contributed by atoms with Crippen LogP contribution >= 0.6 is 23.2 Å². The number of carbonyl (C=O) groups is 2. The molecule has 0 saturated carbocycles. The summed E-state index contributed by atoms with van der Waals surface area (Å²) < 4.78 is 29.1. The molecule has 3 aromatic carbocycles. The van der Waals surface area contributed by atoms with Crippen LogP contribution in [0.2, 0.25) is 10.0 Å². The van der Waals surface area contributed by atoms with E-state index in [1.165, 1.54) is 24.1 Å². The number of rotatable bonds is 11. The zero-order chi connectivity index (χ0) is 28.7. The van der Waals surface area contributed by atoms with Gasteiger partial charge < -0.3 is 10.2 Å². The Morgan fingerprint density at radius 1 is 0.949 bits per heavy atom. The van der Waals surface area contributed by atoms with Gasteiger partial charge in [-0.25, -0.2) is 8.42 Å². The first-order valence-corrected chi connectivity index (χ1v) is 14.8. The lowest BCUT2D eigenvalue weighted by molar-refractivity contribution is -0.140. The van der Waals surface area contributed by atoms with Gasteiger partial charge in [0.2, 0.25) is 11.8 Å². The Morgan fingerprint density at radius 2 is 1.62 bits per heavy atom. The van der Waals surface area contributed by atoms with Gasteiger partial charge in [-0.05, 0) is 61.2 Å². The molecule has 0 aromatic heterocycles. The number of aryl methyl sites for hydroxylation is 2. The van der Waals surface area contributed by atoms with Gasteiger partial charge >= 0.3 is 0 Å².